The van der Waals surface area contributed by atoms with Crippen LogP contribution in [0.3, 0.4) is 0 Å². The molecule has 5 heteroatoms. The first kappa shape index (κ1) is 16.1. The molecule has 0 saturated heterocycles. The van der Waals surface area contributed by atoms with E-state index in [2.05, 4.69) is 0 Å². The van der Waals surface area contributed by atoms with Gasteiger partial charge in [-0.25, -0.2) is 4.39 Å². The summed E-state index contributed by atoms with van der Waals surface area (Å²) in [5, 5.41) is 0. The third kappa shape index (κ3) is 5.26. The standard InChI is InChI=1S/C17H19FO4/c1-19-16-4-2-3-5-17(16)22-13-11-20-10-12-21-15-8-6-14(18)7-9-15/h2-9H,10-13H2,1H3. The van der Waals surface area contributed by atoms with Crippen molar-refractivity contribution < 1.29 is 23.3 Å². The van der Waals surface area contributed by atoms with Crippen molar-refractivity contribution in [2.45, 2.75) is 0 Å². The highest BCUT2D eigenvalue weighted by Crippen LogP contribution is 2.25. The van der Waals surface area contributed by atoms with Gasteiger partial charge in [0.25, 0.3) is 0 Å². The Labute approximate surface area is 129 Å². The third-order valence-electron chi connectivity index (χ3n) is 2.86. The van der Waals surface area contributed by atoms with Gasteiger partial charge in [-0.2, -0.15) is 0 Å². The Morgan fingerprint density at radius 1 is 0.773 bits per heavy atom. The molecule has 22 heavy (non-hydrogen) atoms. The highest BCUT2D eigenvalue weighted by atomic mass is 19.1. The molecule has 0 aromatic heterocycles. The van der Waals surface area contributed by atoms with Crippen LogP contribution in [0.2, 0.25) is 0 Å². The molecule has 0 aliphatic rings. The first-order valence-corrected chi connectivity index (χ1v) is 7.01. The monoisotopic (exact) mass is 306 g/mol. The predicted molar refractivity (Wildman–Crippen MR) is 81.2 cm³/mol. The van der Waals surface area contributed by atoms with E-state index >= 15 is 0 Å². The average molecular weight is 306 g/mol. The lowest BCUT2D eigenvalue weighted by Gasteiger charge is -2.11. The van der Waals surface area contributed by atoms with Crippen LogP contribution in [0.25, 0.3) is 0 Å². The Kier molecular flexibility index (Phi) is 6.51. The summed E-state index contributed by atoms with van der Waals surface area (Å²) in [5.41, 5.74) is 0. The topological polar surface area (TPSA) is 36.9 Å². The summed E-state index contributed by atoms with van der Waals surface area (Å²) in [5.74, 6) is 1.73. The number of methoxy groups -OCH3 is 1. The van der Waals surface area contributed by atoms with Crippen LogP contribution < -0.4 is 14.2 Å². The number of halogens is 1. The molecule has 2 rings (SSSR count). The first-order chi connectivity index (χ1) is 10.8. The fraction of sp³-hybridized carbons (Fsp3) is 0.294. The van der Waals surface area contributed by atoms with Gasteiger partial charge < -0.3 is 18.9 Å². The number of para-hydroxylation sites is 2. The molecule has 0 atom stereocenters. The minimum Gasteiger partial charge on any atom is -0.493 e. The van der Waals surface area contributed by atoms with Crippen LogP contribution in [0.5, 0.6) is 17.2 Å². The van der Waals surface area contributed by atoms with Gasteiger partial charge in [-0.05, 0) is 36.4 Å². The van der Waals surface area contributed by atoms with E-state index in [0.717, 1.165) is 0 Å². The van der Waals surface area contributed by atoms with Crippen LogP contribution in [-0.4, -0.2) is 33.5 Å². The van der Waals surface area contributed by atoms with E-state index in [0.29, 0.717) is 43.7 Å². The van der Waals surface area contributed by atoms with Crippen LogP contribution in [0.15, 0.2) is 48.5 Å². The van der Waals surface area contributed by atoms with Crippen molar-refractivity contribution in [3.63, 3.8) is 0 Å². The quantitative estimate of drug-likeness (QED) is 0.666. The molecule has 4 nitrogen and oxygen atoms in total. The molecule has 2 aromatic carbocycles. The number of rotatable bonds is 9. The highest BCUT2D eigenvalue weighted by molar-refractivity contribution is 5.39. The molecule has 0 bridgehead atoms. The van der Waals surface area contributed by atoms with E-state index in [1.165, 1.54) is 12.1 Å². The van der Waals surface area contributed by atoms with Crippen molar-refractivity contribution in [2.75, 3.05) is 33.5 Å². The third-order valence-corrected chi connectivity index (χ3v) is 2.86. The predicted octanol–water partition coefficient (Wildman–Crippen LogP) is 3.31. The van der Waals surface area contributed by atoms with E-state index in [1.807, 2.05) is 24.3 Å². The summed E-state index contributed by atoms with van der Waals surface area (Å²) in [6.45, 7) is 1.72. The highest BCUT2D eigenvalue weighted by Gasteiger charge is 2.01. The number of ether oxygens (including phenoxy) is 4. The van der Waals surface area contributed by atoms with E-state index < -0.39 is 0 Å². The van der Waals surface area contributed by atoms with Crippen LogP contribution in [0, 0.1) is 5.82 Å². The Morgan fingerprint density at radius 3 is 2.09 bits per heavy atom. The molecule has 2 aromatic rings. The number of hydrogen-bond donors (Lipinski definition) is 0. The maximum Gasteiger partial charge on any atom is 0.161 e. The molecule has 0 radical (unpaired) electrons. The summed E-state index contributed by atoms with van der Waals surface area (Å²) in [7, 11) is 1.60. The van der Waals surface area contributed by atoms with Gasteiger partial charge in [0.15, 0.2) is 11.5 Å². The second kappa shape index (κ2) is 8.89. The Morgan fingerprint density at radius 2 is 1.41 bits per heavy atom. The van der Waals surface area contributed by atoms with Crippen molar-refractivity contribution >= 4 is 0 Å². The maximum absolute atomic E-state index is 12.7. The molecule has 0 spiro atoms. The molecular formula is C17H19FO4. The van der Waals surface area contributed by atoms with Gasteiger partial charge in [-0.3, -0.25) is 0 Å². The normalized spacial score (nSPS) is 10.3. The van der Waals surface area contributed by atoms with Crippen LogP contribution in [0.4, 0.5) is 4.39 Å². The van der Waals surface area contributed by atoms with E-state index in [4.69, 9.17) is 18.9 Å². The minimum absolute atomic E-state index is 0.280. The molecule has 0 unspecified atom stereocenters. The fourth-order valence-corrected chi connectivity index (χ4v) is 1.80. The minimum atomic E-state index is -0.280. The van der Waals surface area contributed by atoms with Gasteiger partial charge >= 0.3 is 0 Å². The summed E-state index contributed by atoms with van der Waals surface area (Å²) < 4.78 is 34.3. The molecule has 0 heterocycles. The second-order valence-electron chi connectivity index (χ2n) is 4.41. The lowest BCUT2D eigenvalue weighted by atomic mass is 10.3. The number of benzene rings is 2. The first-order valence-electron chi connectivity index (χ1n) is 7.01. The SMILES string of the molecule is COc1ccccc1OCCOCCOc1ccc(F)cc1. The lowest BCUT2D eigenvalue weighted by molar-refractivity contribution is 0.0757. The fourth-order valence-electron chi connectivity index (χ4n) is 1.80. The molecule has 0 N–H and O–H groups in total. The molecule has 0 fully saturated rings. The Bertz CT molecular complexity index is 557. The van der Waals surface area contributed by atoms with Gasteiger partial charge in [-0.15, -0.1) is 0 Å². The maximum atomic E-state index is 12.7. The molecule has 0 aliphatic carbocycles. The van der Waals surface area contributed by atoms with Gasteiger partial charge in [-0.1, -0.05) is 12.1 Å². The molecule has 0 amide bonds. The number of hydrogen-bond acceptors (Lipinski definition) is 4. The second-order valence-corrected chi connectivity index (χ2v) is 4.41. The van der Waals surface area contributed by atoms with Gasteiger partial charge in [0.1, 0.15) is 24.8 Å². The summed E-state index contributed by atoms with van der Waals surface area (Å²) >= 11 is 0. The zero-order valence-corrected chi connectivity index (χ0v) is 12.5. The summed E-state index contributed by atoms with van der Waals surface area (Å²) in [6, 6.07) is 13.3. The Balaban J connectivity index is 1.57. The van der Waals surface area contributed by atoms with Crippen molar-refractivity contribution in [2.24, 2.45) is 0 Å². The van der Waals surface area contributed by atoms with E-state index in [1.54, 1.807) is 19.2 Å². The molecular weight excluding hydrogens is 287 g/mol. The zero-order valence-electron chi connectivity index (χ0n) is 12.5. The van der Waals surface area contributed by atoms with Crippen LogP contribution >= 0.6 is 0 Å². The van der Waals surface area contributed by atoms with Crippen LogP contribution in [0.1, 0.15) is 0 Å². The van der Waals surface area contributed by atoms with Crippen molar-refractivity contribution in [3.8, 4) is 17.2 Å². The zero-order chi connectivity index (χ0) is 15.6. The van der Waals surface area contributed by atoms with Crippen LogP contribution in [-0.2, 0) is 4.74 Å². The Hall–Kier alpha value is -2.27. The van der Waals surface area contributed by atoms with Gasteiger partial charge in [0.2, 0.25) is 0 Å². The summed E-state index contributed by atoms with van der Waals surface area (Å²) in [4.78, 5) is 0. The van der Waals surface area contributed by atoms with E-state index in [-0.39, 0.29) is 5.82 Å². The van der Waals surface area contributed by atoms with Gasteiger partial charge in [0.05, 0.1) is 20.3 Å². The van der Waals surface area contributed by atoms with Crippen molar-refractivity contribution in [1.29, 1.82) is 0 Å². The lowest BCUT2D eigenvalue weighted by Crippen LogP contribution is -2.12. The average Bonchev–Trinajstić information content (AvgIpc) is 2.56. The molecule has 0 aliphatic heterocycles. The smallest absolute Gasteiger partial charge is 0.161 e. The molecule has 118 valence electrons. The van der Waals surface area contributed by atoms with Crippen molar-refractivity contribution in [3.05, 3.63) is 54.3 Å². The summed E-state index contributed by atoms with van der Waals surface area (Å²) in [6.07, 6.45) is 0. The largest absolute Gasteiger partial charge is 0.493 e. The van der Waals surface area contributed by atoms with Crippen molar-refractivity contribution in [1.82, 2.24) is 0 Å². The van der Waals surface area contributed by atoms with Gasteiger partial charge in [0, 0.05) is 0 Å². The molecule has 0 saturated carbocycles. The van der Waals surface area contributed by atoms with E-state index in [9.17, 15) is 4.39 Å².